The van der Waals surface area contributed by atoms with Crippen LogP contribution in [0.4, 0.5) is 8.78 Å². The second-order valence-electron chi connectivity index (χ2n) is 6.29. The molecule has 1 unspecified atom stereocenters. The Morgan fingerprint density at radius 1 is 1.00 bits per heavy atom. The molecule has 0 heterocycles. The van der Waals surface area contributed by atoms with Crippen LogP contribution in [0.25, 0.3) is 0 Å². The predicted octanol–water partition coefficient (Wildman–Crippen LogP) is 3.09. The second kappa shape index (κ2) is 5.78. The second-order valence-corrected chi connectivity index (χ2v) is 6.29. The standard InChI is InChI=1S/C16H22F2N2/c17-14-5-13(6-15(18)7-14)16(8-19)20(9-11-1-2-11)10-12-3-4-12/h5-7,11-12,16H,1-4,8-10,19H2. The van der Waals surface area contributed by atoms with E-state index in [2.05, 4.69) is 4.90 Å². The number of benzene rings is 1. The highest BCUT2D eigenvalue weighted by Crippen LogP contribution is 2.37. The van der Waals surface area contributed by atoms with Gasteiger partial charge in [-0.25, -0.2) is 8.78 Å². The number of nitrogens with zero attached hydrogens (tertiary/aromatic N) is 1. The molecule has 0 radical (unpaired) electrons. The molecule has 2 N–H and O–H groups in total. The van der Waals surface area contributed by atoms with Gasteiger partial charge in [0.25, 0.3) is 0 Å². The molecule has 0 saturated heterocycles. The van der Waals surface area contributed by atoms with E-state index in [-0.39, 0.29) is 6.04 Å². The fourth-order valence-electron chi connectivity index (χ4n) is 2.86. The fourth-order valence-corrected chi connectivity index (χ4v) is 2.86. The van der Waals surface area contributed by atoms with Crippen LogP contribution in [0.1, 0.15) is 37.3 Å². The molecule has 20 heavy (non-hydrogen) atoms. The Kier molecular flexibility index (Phi) is 4.03. The molecule has 2 aliphatic carbocycles. The molecule has 0 amide bonds. The molecule has 2 fully saturated rings. The molecule has 0 aliphatic heterocycles. The molecular weight excluding hydrogens is 258 g/mol. The van der Waals surface area contributed by atoms with Gasteiger partial charge in [-0.1, -0.05) is 0 Å². The number of hydrogen-bond donors (Lipinski definition) is 1. The summed E-state index contributed by atoms with van der Waals surface area (Å²) in [5.41, 5.74) is 6.58. The van der Waals surface area contributed by atoms with Gasteiger partial charge in [0.05, 0.1) is 0 Å². The Morgan fingerprint density at radius 2 is 1.50 bits per heavy atom. The maximum Gasteiger partial charge on any atom is 0.126 e. The van der Waals surface area contributed by atoms with E-state index in [1.165, 1.54) is 37.8 Å². The van der Waals surface area contributed by atoms with Crippen molar-refractivity contribution in [3.8, 4) is 0 Å². The van der Waals surface area contributed by atoms with Crippen LogP contribution in [0.2, 0.25) is 0 Å². The van der Waals surface area contributed by atoms with E-state index in [1.807, 2.05) is 0 Å². The SMILES string of the molecule is NCC(c1cc(F)cc(F)c1)N(CC1CC1)CC1CC1. The third-order valence-corrected chi connectivity index (χ3v) is 4.31. The summed E-state index contributed by atoms with van der Waals surface area (Å²) in [4.78, 5) is 2.35. The lowest BCUT2D eigenvalue weighted by Gasteiger charge is -2.31. The fraction of sp³-hybridized carbons (Fsp3) is 0.625. The first kappa shape index (κ1) is 14.0. The van der Waals surface area contributed by atoms with Crippen molar-refractivity contribution < 1.29 is 8.78 Å². The van der Waals surface area contributed by atoms with E-state index in [0.29, 0.717) is 12.1 Å². The van der Waals surface area contributed by atoms with Gasteiger partial charge in [0, 0.05) is 31.7 Å². The summed E-state index contributed by atoms with van der Waals surface area (Å²) in [6.45, 7) is 2.43. The van der Waals surface area contributed by atoms with Gasteiger partial charge in [0.2, 0.25) is 0 Å². The third kappa shape index (κ3) is 3.55. The monoisotopic (exact) mass is 280 g/mol. The number of rotatable bonds is 7. The van der Waals surface area contributed by atoms with E-state index in [9.17, 15) is 8.78 Å². The van der Waals surface area contributed by atoms with Gasteiger partial charge >= 0.3 is 0 Å². The van der Waals surface area contributed by atoms with Gasteiger partial charge in [0.1, 0.15) is 11.6 Å². The lowest BCUT2D eigenvalue weighted by atomic mass is 10.0. The van der Waals surface area contributed by atoms with E-state index in [4.69, 9.17) is 5.73 Å². The Bertz CT molecular complexity index is 435. The summed E-state index contributed by atoms with van der Waals surface area (Å²) in [7, 11) is 0. The quantitative estimate of drug-likeness (QED) is 0.831. The number of hydrogen-bond acceptors (Lipinski definition) is 2. The van der Waals surface area contributed by atoms with Gasteiger partial charge in [-0.15, -0.1) is 0 Å². The minimum absolute atomic E-state index is 0.0681. The molecular formula is C16H22F2N2. The minimum atomic E-state index is -0.517. The van der Waals surface area contributed by atoms with Crippen molar-refractivity contribution >= 4 is 0 Å². The zero-order chi connectivity index (χ0) is 14.1. The summed E-state index contributed by atoms with van der Waals surface area (Å²) < 4.78 is 26.9. The van der Waals surface area contributed by atoms with Crippen molar-refractivity contribution in [2.45, 2.75) is 31.7 Å². The van der Waals surface area contributed by atoms with Crippen molar-refractivity contribution in [2.24, 2.45) is 17.6 Å². The highest BCUT2D eigenvalue weighted by molar-refractivity contribution is 5.22. The molecule has 1 aromatic carbocycles. The van der Waals surface area contributed by atoms with Gasteiger partial charge in [-0.05, 0) is 55.2 Å². The average molecular weight is 280 g/mol. The molecule has 1 atom stereocenters. The summed E-state index contributed by atoms with van der Waals surface area (Å²) >= 11 is 0. The first-order valence-corrected chi connectivity index (χ1v) is 7.56. The highest BCUT2D eigenvalue weighted by atomic mass is 19.1. The van der Waals surface area contributed by atoms with Crippen LogP contribution < -0.4 is 5.73 Å². The van der Waals surface area contributed by atoms with Crippen molar-refractivity contribution in [2.75, 3.05) is 19.6 Å². The molecule has 0 aromatic heterocycles. The lowest BCUT2D eigenvalue weighted by Crippen LogP contribution is -2.37. The van der Waals surface area contributed by atoms with Crippen LogP contribution in [0, 0.1) is 23.5 Å². The topological polar surface area (TPSA) is 29.3 Å². The first-order chi connectivity index (χ1) is 9.65. The highest BCUT2D eigenvalue weighted by Gasteiger charge is 2.32. The van der Waals surface area contributed by atoms with Gasteiger partial charge in [0.15, 0.2) is 0 Å². The summed E-state index contributed by atoms with van der Waals surface area (Å²) in [6, 6.07) is 3.70. The Balaban J connectivity index is 1.79. The van der Waals surface area contributed by atoms with Crippen molar-refractivity contribution in [3.63, 3.8) is 0 Å². The van der Waals surface area contributed by atoms with Crippen molar-refractivity contribution in [1.29, 1.82) is 0 Å². The van der Waals surface area contributed by atoms with Crippen LogP contribution in [0.5, 0.6) is 0 Å². The van der Waals surface area contributed by atoms with Crippen LogP contribution in [-0.4, -0.2) is 24.5 Å². The van der Waals surface area contributed by atoms with E-state index >= 15 is 0 Å². The van der Waals surface area contributed by atoms with E-state index in [1.54, 1.807) is 0 Å². The van der Waals surface area contributed by atoms with E-state index < -0.39 is 11.6 Å². The van der Waals surface area contributed by atoms with Crippen LogP contribution >= 0.6 is 0 Å². The molecule has 3 rings (SSSR count). The third-order valence-electron chi connectivity index (χ3n) is 4.31. The molecule has 110 valence electrons. The Morgan fingerprint density at radius 3 is 1.90 bits per heavy atom. The summed E-state index contributed by atoms with van der Waals surface area (Å²) in [5, 5.41) is 0. The van der Waals surface area contributed by atoms with Gasteiger partial charge < -0.3 is 5.73 Å². The molecule has 0 bridgehead atoms. The van der Waals surface area contributed by atoms with Crippen molar-refractivity contribution in [1.82, 2.24) is 4.90 Å². The van der Waals surface area contributed by atoms with Crippen LogP contribution in [-0.2, 0) is 0 Å². The zero-order valence-corrected chi connectivity index (χ0v) is 11.7. The number of halogens is 2. The average Bonchev–Trinajstić information content (AvgIpc) is 3.24. The van der Waals surface area contributed by atoms with E-state index in [0.717, 1.165) is 31.0 Å². The minimum Gasteiger partial charge on any atom is -0.329 e. The normalized spacial score (nSPS) is 20.4. The maximum atomic E-state index is 13.4. The van der Waals surface area contributed by atoms with Crippen LogP contribution in [0.15, 0.2) is 18.2 Å². The maximum absolute atomic E-state index is 13.4. The predicted molar refractivity (Wildman–Crippen MR) is 75.2 cm³/mol. The summed E-state index contributed by atoms with van der Waals surface area (Å²) in [6.07, 6.45) is 5.10. The molecule has 2 aliphatic rings. The van der Waals surface area contributed by atoms with Gasteiger partial charge in [-0.2, -0.15) is 0 Å². The molecule has 2 saturated carbocycles. The number of nitrogens with two attached hydrogens (primary N) is 1. The molecule has 0 spiro atoms. The Labute approximate surface area is 118 Å². The molecule has 4 heteroatoms. The largest absolute Gasteiger partial charge is 0.329 e. The summed E-state index contributed by atoms with van der Waals surface area (Å²) in [5.74, 6) is 0.467. The zero-order valence-electron chi connectivity index (χ0n) is 11.7. The molecule has 2 nitrogen and oxygen atoms in total. The Hall–Kier alpha value is -1.00. The van der Waals surface area contributed by atoms with Crippen LogP contribution in [0.3, 0.4) is 0 Å². The lowest BCUT2D eigenvalue weighted by molar-refractivity contribution is 0.184. The van der Waals surface area contributed by atoms with Gasteiger partial charge in [-0.3, -0.25) is 4.90 Å². The molecule has 1 aromatic rings. The van der Waals surface area contributed by atoms with Crippen molar-refractivity contribution in [3.05, 3.63) is 35.4 Å². The first-order valence-electron chi connectivity index (χ1n) is 7.56. The smallest absolute Gasteiger partial charge is 0.126 e.